The van der Waals surface area contributed by atoms with E-state index in [0.29, 0.717) is 0 Å². The van der Waals surface area contributed by atoms with E-state index in [1.807, 2.05) is 0 Å². The Morgan fingerprint density at radius 2 is 1.13 bits per heavy atom. The quantitative estimate of drug-likeness (QED) is 0.254. The van der Waals surface area contributed by atoms with Crippen molar-refractivity contribution in [2.45, 2.75) is 0 Å². The van der Waals surface area contributed by atoms with E-state index in [9.17, 15) is 0 Å². The average molecular weight is 498 g/mol. The number of rotatable bonds is 2. The first-order valence-corrected chi connectivity index (χ1v) is 15.3. The molecule has 2 aliphatic heterocycles. The molecule has 3 heterocycles. The van der Waals surface area contributed by atoms with Gasteiger partial charge in [0.2, 0.25) is 0 Å². The summed E-state index contributed by atoms with van der Waals surface area (Å²) in [5.74, 6) is 0. The summed E-state index contributed by atoms with van der Waals surface area (Å²) in [7, 11) is -2.51. The van der Waals surface area contributed by atoms with Gasteiger partial charge >= 0.3 is 0 Å². The van der Waals surface area contributed by atoms with Gasteiger partial charge in [-0.15, -0.1) is 0 Å². The predicted octanol–water partition coefficient (Wildman–Crippen LogP) is 6.12. The summed E-state index contributed by atoms with van der Waals surface area (Å²) in [6, 6.07) is 52.2. The molecule has 0 fully saturated rings. The van der Waals surface area contributed by atoms with Crippen LogP contribution in [0.5, 0.6) is 0 Å². The van der Waals surface area contributed by atoms with Crippen molar-refractivity contribution in [3.8, 4) is 27.9 Å². The second kappa shape index (κ2) is 7.22. The van der Waals surface area contributed by atoms with Crippen molar-refractivity contribution in [3.05, 3.63) is 140 Å². The molecule has 1 unspecified atom stereocenters. The number of benzene rings is 6. The van der Waals surface area contributed by atoms with Crippen molar-refractivity contribution in [1.82, 2.24) is 4.57 Å². The van der Waals surface area contributed by atoms with E-state index in [0.717, 1.165) is 0 Å². The van der Waals surface area contributed by atoms with E-state index in [2.05, 4.69) is 144 Å². The van der Waals surface area contributed by atoms with Crippen LogP contribution in [0.25, 0.3) is 49.7 Å². The number of hydrogen-bond acceptors (Lipinski definition) is 0. The van der Waals surface area contributed by atoms with Crippen molar-refractivity contribution in [2.24, 2.45) is 0 Å². The molecule has 1 nitrogen and oxygen atoms in total. The SMILES string of the molecule is c1ccc(-c2cccc3c2c2cccc4c2n3-c2cccc3c2[Si]4(c2ccccc2)c2ccccc2-3)cc1. The molecule has 0 radical (unpaired) electrons. The molecule has 1 atom stereocenters. The summed E-state index contributed by atoms with van der Waals surface area (Å²) < 4.78 is 2.57. The standard InChI is InChI=1S/C36H23NSi/c1-3-12-24(13-4-1)26-17-9-20-30-34(26)29-19-11-23-33-35(29)37(30)31-21-10-18-28-27-16-7-8-22-32(27)38(33,36(28)31)25-14-5-2-6-15-25/h1-23H. The number of aromatic nitrogens is 1. The van der Waals surface area contributed by atoms with Gasteiger partial charge in [0.25, 0.3) is 0 Å². The zero-order valence-corrected chi connectivity index (χ0v) is 21.7. The van der Waals surface area contributed by atoms with Gasteiger partial charge in [0.1, 0.15) is 0 Å². The van der Waals surface area contributed by atoms with Crippen molar-refractivity contribution in [1.29, 1.82) is 0 Å². The fourth-order valence-corrected chi connectivity index (χ4v) is 13.0. The lowest BCUT2D eigenvalue weighted by molar-refractivity contribution is 1.19. The molecule has 0 bridgehead atoms. The molecule has 1 aromatic heterocycles. The van der Waals surface area contributed by atoms with Gasteiger partial charge in [-0.3, -0.25) is 0 Å². The zero-order valence-electron chi connectivity index (χ0n) is 20.7. The highest BCUT2D eigenvalue weighted by atomic mass is 28.3. The van der Waals surface area contributed by atoms with Gasteiger partial charge in [-0.1, -0.05) is 127 Å². The molecule has 0 saturated heterocycles. The molecular weight excluding hydrogens is 474 g/mol. The minimum atomic E-state index is -2.51. The van der Waals surface area contributed by atoms with E-state index >= 15 is 0 Å². The second-order valence-corrected chi connectivity index (χ2v) is 14.1. The smallest absolute Gasteiger partial charge is 0.185 e. The van der Waals surface area contributed by atoms with Gasteiger partial charge in [0.05, 0.1) is 11.0 Å². The van der Waals surface area contributed by atoms with Gasteiger partial charge in [0, 0.05) is 16.5 Å². The van der Waals surface area contributed by atoms with Crippen LogP contribution in [-0.4, -0.2) is 12.6 Å². The molecule has 0 spiro atoms. The highest BCUT2D eigenvalue weighted by molar-refractivity contribution is 7.23. The van der Waals surface area contributed by atoms with Gasteiger partial charge < -0.3 is 4.57 Å². The van der Waals surface area contributed by atoms with Crippen LogP contribution < -0.4 is 20.7 Å². The molecule has 9 rings (SSSR count). The first-order chi connectivity index (χ1) is 18.9. The molecule has 0 N–H and O–H groups in total. The summed E-state index contributed by atoms with van der Waals surface area (Å²) in [4.78, 5) is 0. The van der Waals surface area contributed by atoms with E-state index < -0.39 is 8.07 Å². The Morgan fingerprint density at radius 3 is 2.00 bits per heavy atom. The Bertz CT molecular complexity index is 2070. The van der Waals surface area contributed by atoms with Crippen molar-refractivity contribution in [3.63, 3.8) is 0 Å². The largest absolute Gasteiger partial charge is 0.309 e. The van der Waals surface area contributed by atoms with Crippen LogP contribution in [0.3, 0.4) is 0 Å². The van der Waals surface area contributed by atoms with Crippen molar-refractivity contribution < 1.29 is 0 Å². The highest BCUT2D eigenvalue weighted by Gasteiger charge is 2.53. The van der Waals surface area contributed by atoms with Gasteiger partial charge in [-0.05, 0) is 55.1 Å². The lowest BCUT2D eigenvalue weighted by atomic mass is 9.99. The lowest BCUT2D eigenvalue weighted by Gasteiger charge is -2.37. The minimum Gasteiger partial charge on any atom is -0.309 e. The molecule has 0 saturated carbocycles. The van der Waals surface area contributed by atoms with E-state index in [4.69, 9.17) is 0 Å². The Kier molecular flexibility index (Phi) is 3.87. The van der Waals surface area contributed by atoms with Crippen molar-refractivity contribution in [2.75, 3.05) is 0 Å². The molecule has 0 amide bonds. The van der Waals surface area contributed by atoms with Crippen LogP contribution in [0.15, 0.2) is 140 Å². The second-order valence-electron chi connectivity index (χ2n) is 10.5. The number of hydrogen-bond donors (Lipinski definition) is 0. The van der Waals surface area contributed by atoms with E-state index in [1.165, 1.54) is 70.5 Å². The first-order valence-electron chi connectivity index (χ1n) is 13.3. The topological polar surface area (TPSA) is 4.93 Å². The maximum atomic E-state index is 2.57. The Labute approximate surface area is 222 Å². The van der Waals surface area contributed by atoms with Crippen LogP contribution in [0.1, 0.15) is 0 Å². The molecule has 2 heteroatoms. The number of fused-ring (bicyclic) bond motifs is 8. The summed E-state index contributed by atoms with van der Waals surface area (Å²) in [6.45, 7) is 0. The lowest BCUT2D eigenvalue weighted by Crippen LogP contribution is -2.74. The normalized spacial score (nSPS) is 16.5. The van der Waals surface area contributed by atoms with E-state index in [1.54, 1.807) is 0 Å². The van der Waals surface area contributed by atoms with Crippen LogP contribution >= 0.6 is 0 Å². The van der Waals surface area contributed by atoms with Crippen LogP contribution in [0.2, 0.25) is 0 Å². The van der Waals surface area contributed by atoms with Gasteiger partial charge in [0.15, 0.2) is 8.07 Å². The third-order valence-electron chi connectivity index (χ3n) is 8.79. The minimum absolute atomic E-state index is 1.26. The monoisotopic (exact) mass is 497 g/mol. The molecule has 6 aromatic carbocycles. The van der Waals surface area contributed by atoms with Crippen LogP contribution in [-0.2, 0) is 0 Å². The van der Waals surface area contributed by atoms with Gasteiger partial charge in [-0.25, -0.2) is 0 Å². The fraction of sp³-hybridized carbons (Fsp3) is 0. The summed E-state index contributed by atoms with van der Waals surface area (Å²) in [5.41, 5.74) is 9.37. The zero-order chi connectivity index (χ0) is 24.8. The fourth-order valence-electron chi connectivity index (χ4n) is 7.48. The molecule has 7 aromatic rings. The molecule has 2 aliphatic rings. The van der Waals surface area contributed by atoms with Crippen LogP contribution in [0, 0.1) is 0 Å². The highest BCUT2D eigenvalue weighted by Crippen LogP contribution is 2.42. The molecule has 0 aliphatic carbocycles. The van der Waals surface area contributed by atoms with Crippen molar-refractivity contribution >= 4 is 50.6 Å². The Hall–Kier alpha value is -4.66. The average Bonchev–Trinajstić information content (AvgIpc) is 3.50. The summed E-state index contributed by atoms with van der Waals surface area (Å²) >= 11 is 0. The Balaban J connectivity index is 1.55. The number of para-hydroxylation sites is 1. The van der Waals surface area contributed by atoms with E-state index in [-0.39, 0.29) is 0 Å². The maximum absolute atomic E-state index is 2.57. The third-order valence-corrected chi connectivity index (χ3v) is 13.7. The first kappa shape index (κ1) is 20.4. The third kappa shape index (κ3) is 2.29. The molecule has 176 valence electrons. The maximum Gasteiger partial charge on any atom is 0.185 e. The Morgan fingerprint density at radius 1 is 0.474 bits per heavy atom. The summed E-state index contributed by atoms with van der Waals surface area (Å²) in [5, 5.41) is 8.71. The molecule has 38 heavy (non-hydrogen) atoms. The molecular formula is C36H23NSi. The van der Waals surface area contributed by atoms with Gasteiger partial charge in [-0.2, -0.15) is 0 Å². The predicted molar refractivity (Wildman–Crippen MR) is 162 cm³/mol. The summed E-state index contributed by atoms with van der Waals surface area (Å²) in [6.07, 6.45) is 0. The number of nitrogens with zero attached hydrogens (tertiary/aromatic N) is 1. The van der Waals surface area contributed by atoms with Crippen LogP contribution in [0.4, 0.5) is 0 Å².